The average Bonchev–Trinajstić information content (AvgIpc) is 3.59. The SMILES string of the molecule is COc1ccc(Cc2nnc(SCC(=O)c3cc(C)n(Cc4ccc5c(c4)OCO5)c3C)o2)cc1. The lowest BCUT2D eigenvalue weighted by Crippen LogP contribution is -2.07. The van der Waals surface area contributed by atoms with Crippen LogP contribution in [0.1, 0.15) is 38.8 Å². The van der Waals surface area contributed by atoms with Gasteiger partial charge in [0.1, 0.15) is 5.75 Å². The number of ether oxygens (including phenoxy) is 3. The Balaban J connectivity index is 1.21. The van der Waals surface area contributed by atoms with E-state index in [1.807, 2.05) is 62.4 Å². The van der Waals surface area contributed by atoms with Crippen LogP contribution in [0, 0.1) is 13.8 Å². The van der Waals surface area contributed by atoms with Crippen LogP contribution in [-0.4, -0.2) is 40.2 Å². The van der Waals surface area contributed by atoms with Gasteiger partial charge >= 0.3 is 0 Å². The largest absolute Gasteiger partial charge is 0.497 e. The molecule has 0 fully saturated rings. The van der Waals surface area contributed by atoms with Crippen LogP contribution in [0.15, 0.2) is 58.2 Å². The molecule has 0 spiro atoms. The predicted molar refractivity (Wildman–Crippen MR) is 131 cm³/mol. The van der Waals surface area contributed by atoms with Gasteiger partial charge in [0, 0.05) is 23.5 Å². The van der Waals surface area contributed by atoms with Crippen molar-refractivity contribution >= 4 is 17.5 Å². The van der Waals surface area contributed by atoms with Crippen molar-refractivity contribution in [2.45, 2.75) is 32.0 Å². The van der Waals surface area contributed by atoms with Crippen LogP contribution >= 0.6 is 11.8 Å². The highest BCUT2D eigenvalue weighted by atomic mass is 32.2. The van der Waals surface area contributed by atoms with Crippen molar-refractivity contribution in [3.63, 3.8) is 0 Å². The number of thioether (sulfide) groups is 1. The topological polar surface area (TPSA) is 88.6 Å². The maximum Gasteiger partial charge on any atom is 0.277 e. The quantitative estimate of drug-likeness (QED) is 0.243. The van der Waals surface area contributed by atoms with E-state index in [9.17, 15) is 4.79 Å². The number of Topliss-reactive ketones (excluding diaryl/α,β-unsaturated/α-hetero) is 1. The smallest absolute Gasteiger partial charge is 0.277 e. The monoisotopic (exact) mass is 491 g/mol. The van der Waals surface area contributed by atoms with Crippen LogP contribution in [0.3, 0.4) is 0 Å². The molecule has 2 aromatic carbocycles. The first-order chi connectivity index (χ1) is 17.0. The number of carbonyl (C=O) groups is 1. The van der Waals surface area contributed by atoms with Gasteiger partial charge in [-0.05, 0) is 55.3 Å². The molecular weight excluding hydrogens is 466 g/mol. The summed E-state index contributed by atoms with van der Waals surface area (Å²) >= 11 is 1.25. The van der Waals surface area contributed by atoms with Crippen molar-refractivity contribution in [3.05, 3.63) is 82.5 Å². The zero-order valence-corrected chi connectivity index (χ0v) is 20.6. The van der Waals surface area contributed by atoms with E-state index in [0.717, 1.165) is 39.8 Å². The average molecular weight is 492 g/mol. The van der Waals surface area contributed by atoms with Crippen molar-refractivity contribution < 1.29 is 23.4 Å². The van der Waals surface area contributed by atoms with Gasteiger partial charge in [-0.1, -0.05) is 30.0 Å². The lowest BCUT2D eigenvalue weighted by atomic mass is 10.1. The van der Waals surface area contributed by atoms with Gasteiger partial charge in [0.2, 0.25) is 12.7 Å². The molecule has 0 bridgehead atoms. The first kappa shape index (κ1) is 23.0. The maximum absolute atomic E-state index is 13.0. The number of hydrogen-bond acceptors (Lipinski definition) is 8. The summed E-state index contributed by atoms with van der Waals surface area (Å²) in [5, 5.41) is 8.58. The van der Waals surface area contributed by atoms with Crippen molar-refractivity contribution in [2.24, 2.45) is 0 Å². The van der Waals surface area contributed by atoms with Gasteiger partial charge in [-0.15, -0.1) is 10.2 Å². The summed E-state index contributed by atoms with van der Waals surface area (Å²) in [4.78, 5) is 13.0. The van der Waals surface area contributed by atoms with E-state index in [1.54, 1.807) is 7.11 Å². The molecule has 180 valence electrons. The summed E-state index contributed by atoms with van der Waals surface area (Å²) in [7, 11) is 1.63. The highest BCUT2D eigenvalue weighted by molar-refractivity contribution is 7.99. The third-order valence-electron chi connectivity index (χ3n) is 5.94. The summed E-state index contributed by atoms with van der Waals surface area (Å²) in [6, 6.07) is 15.6. The van der Waals surface area contributed by atoms with Crippen molar-refractivity contribution in [3.8, 4) is 17.2 Å². The number of methoxy groups -OCH3 is 1. The molecule has 9 heteroatoms. The Labute approximate surface area is 207 Å². The molecule has 0 radical (unpaired) electrons. The number of aromatic nitrogens is 3. The fourth-order valence-electron chi connectivity index (χ4n) is 4.04. The van der Waals surface area contributed by atoms with Crippen LogP contribution in [0.5, 0.6) is 17.2 Å². The molecule has 8 nitrogen and oxygen atoms in total. The van der Waals surface area contributed by atoms with Gasteiger partial charge in [0.15, 0.2) is 17.3 Å². The molecule has 0 amide bonds. The molecule has 0 aliphatic carbocycles. The van der Waals surface area contributed by atoms with Gasteiger partial charge in [-0.3, -0.25) is 4.79 Å². The Hall–Kier alpha value is -3.72. The van der Waals surface area contributed by atoms with Gasteiger partial charge in [0.25, 0.3) is 5.22 Å². The summed E-state index contributed by atoms with van der Waals surface area (Å²) in [6.45, 7) is 4.87. The van der Waals surface area contributed by atoms with Crippen LogP contribution in [0.2, 0.25) is 0 Å². The van der Waals surface area contributed by atoms with E-state index in [0.29, 0.717) is 29.6 Å². The molecule has 1 aliphatic rings. The van der Waals surface area contributed by atoms with Gasteiger partial charge in [-0.25, -0.2) is 0 Å². The number of fused-ring (bicyclic) bond motifs is 1. The number of carbonyl (C=O) groups excluding carboxylic acids is 1. The minimum absolute atomic E-state index is 0.0231. The number of rotatable bonds is 9. The van der Waals surface area contributed by atoms with E-state index >= 15 is 0 Å². The Kier molecular flexibility index (Phi) is 6.50. The minimum Gasteiger partial charge on any atom is -0.497 e. The lowest BCUT2D eigenvalue weighted by Gasteiger charge is -2.10. The Bertz CT molecular complexity index is 1360. The lowest BCUT2D eigenvalue weighted by molar-refractivity contribution is 0.102. The Morgan fingerprint density at radius 1 is 1.03 bits per heavy atom. The molecule has 0 N–H and O–H groups in total. The minimum atomic E-state index is 0.0231. The second kappa shape index (κ2) is 9.87. The van der Waals surface area contributed by atoms with Crippen LogP contribution < -0.4 is 14.2 Å². The van der Waals surface area contributed by atoms with E-state index in [4.69, 9.17) is 18.6 Å². The highest BCUT2D eigenvalue weighted by Crippen LogP contribution is 2.33. The van der Waals surface area contributed by atoms with E-state index in [-0.39, 0.29) is 18.3 Å². The van der Waals surface area contributed by atoms with Gasteiger partial charge in [0.05, 0.1) is 19.3 Å². The van der Waals surface area contributed by atoms with Crippen molar-refractivity contribution in [2.75, 3.05) is 19.7 Å². The number of hydrogen-bond donors (Lipinski definition) is 0. The maximum atomic E-state index is 13.0. The fourth-order valence-corrected chi connectivity index (χ4v) is 4.70. The summed E-state index contributed by atoms with van der Waals surface area (Å²) < 4.78 is 23.9. The summed E-state index contributed by atoms with van der Waals surface area (Å²) in [5.41, 5.74) is 4.77. The zero-order chi connectivity index (χ0) is 24.4. The molecule has 4 aromatic rings. The highest BCUT2D eigenvalue weighted by Gasteiger charge is 2.19. The molecular formula is C26H25N3O5S. The molecule has 0 atom stereocenters. The molecule has 5 rings (SSSR count). The molecule has 3 heterocycles. The zero-order valence-electron chi connectivity index (χ0n) is 19.7. The molecule has 0 saturated heterocycles. The summed E-state index contributed by atoms with van der Waals surface area (Å²) in [6.07, 6.45) is 0.520. The van der Waals surface area contributed by atoms with Gasteiger partial charge in [-0.2, -0.15) is 0 Å². The first-order valence-electron chi connectivity index (χ1n) is 11.2. The van der Waals surface area contributed by atoms with Crippen molar-refractivity contribution in [1.29, 1.82) is 0 Å². The second-order valence-corrected chi connectivity index (χ2v) is 9.18. The molecule has 1 aliphatic heterocycles. The second-order valence-electron chi connectivity index (χ2n) is 8.26. The first-order valence-corrected chi connectivity index (χ1v) is 12.2. The van der Waals surface area contributed by atoms with Crippen molar-refractivity contribution in [1.82, 2.24) is 14.8 Å². The standard InChI is InChI=1S/C26H25N3O5S/c1-16-10-21(17(2)29(16)13-19-6-9-23-24(11-19)33-15-32-23)22(30)14-35-26-28-27-25(34-26)12-18-4-7-20(31-3)8-5-18/h4-11H,12-15H2,1-3H3. The van der Waals surface area contributed by atoms with Crippen LogP contribution in [0.25, 0.3) is 0 Å². The van der Waals surface area contributed by atoms with E-state index < -0.39 is 0 Å². The number of nitrogens with zero attached hydrogens (tertiary/aromatic N) is 3. The van der Waals surface area contributed by atoms with Crippen LogP contribution in [-0.2, 0) is 13.0 Å². The third kappa shape index (κ3) is 5.05. The number of ketones is 1. The normalized spacial score (nSPS) is 12.2. The van der Waals surface area contributed by atoms with E-state index in [1.165, 1.54) is 11.8 Å². The Morgan fingerprint density at radius 3 is 2.60 bits per heavy atom. The predicted octanol–water partition coefficient (Wildman–Crippen LogP) is 4.84. The number of benzene rings is 2. The third-order valence-corrected chi connectivity index (χ3v) is 6.76. The molecule has 2 aromatic heterocycles. The molecule has 35 heavy (non-hydrogen) atoms. The Morgan fingerprint density at radius 2 is 1.80 bits per heavy atom. The van der Waals surface area contributed by atoms with E-state index in [2.05, 4.69) is 14.8 Å². The number of aryl methyl sites for hydroxylation is 1. The molecule has 0 saturated carbocycles. The van der Waals surface area contributed by atoms with Gasteiger partial charge < -0.3 is 23.2 Å². The van der Waals surface area contributed by atoms with Crippen LogP contribution in [0.4, 0.5) is 0 Å². The fraction of sp³-hybridized carbons (Fsp3) is 0.269. The molecule has 0 unspecified atom stereocenters. The summed E-state index contributed by atoms with van der Waals surface area (Å²) in [5.74, 6) is 3.06.